The van der Waals surface area contributed by atoms with E-state index in [1.807, 2.05) is 13.8 Å². The Hall–Kier alpha value is -0.370. The quantitative estimate of drug-likeness (QED) is 0.728. The molecule has 0 bridgehead atoms. The molecule has 1 fully saturated rings. The Bertz CT molecular complexity index is 171. The molecule has 0 spiro atoms. The molecule has 76 valence electrons. The predicted molar refractivity (Wildman–Crippen MR) is 54.4 cm³/mol. The van der Waals surface area contributed by atoms with Crippen molar-refractivity contribution in [2.75, 3.05) is 0 Å². The lowest BCUT2D eigenvalue weighted by Gasteiger charge is -2.27. The lowest BCUT2D eigenvalue weighted by atomic mass is 9.81. The van der Waals surface area contributed by atoms with E-state index in [-0.39, 0.29) is 17.7 Å². The van der Waals surface area contributed by atoms with E-state index < -0.39 is 0 Å². The first kappa shape index (κ1) is 10.7. The number of rotatable bonds is 3. The first-order chi connectivity index (χ1) is 6.13. The third-order valence-corrected chi connectivity index (χ3v) is 3.06. The van der Waals surface area contributed by atoms with Gasteiger partial charge in [0.2, 0.25) is 0 Å². The molecular formula is C11H21NO. The van der Waals surface area contributed by atoms with Gasteiger partial charge in [-0.25, -0.2) is 0 Å². The molecule has 0 aromatic carbocycles. The van der Waals surface area contributed by atoms with E-state index in [0.29, 0.717) is 5.92 Å². The maximum absolute atomic E-state index is 11.6. The Morgan fingerprint density at radius 3 is 2.23 bits per heavy atom. The molecule has 1 aliphatic carbocycles. The lowest BCUT2D eigenvalue weighted by molar-refractivity contribution is -0.124. The van der Waals surface area contributed by atoms with E-state index in [1.54, 1.807) is 0 Å². The Balaban J connectivity index is 2.45. The molecule has 0 radical (unpaired) electrons. The van der Waals surface area contributed by atoms with Gasteiger partial charge >= 0.3 is 0 Å². The van der Waals surface area contributed by atoms with Crippen molar-refractivity contribution in [3.05, 3.63) is 0 Å². The van der Waals surface area contributed by atoms with Crippen LogP contribution in [0.25, 0.3) is 0 Å². The van der Waals surface area contributed by atoms with E-state index in [0.717, 1.165) is 12.8 Å². The van der Waals surface area contributed by atoms with Crippen molar-refractivity contribution in [3.8, 4) is 0 Å². The normalized spacial score (nSPS) is 21.8. The topological polar surface area (TPSA) is 43.1 Å². The fourth-order valence-electron chi connectivity index (χ4n) is 2.11. The van der Waals surface area contributed by atoms with E-state index in [9.17, 15) is 4.79 Å². The molecule has 0 heterocycles. The molecule has 0 aliphatic heterocycles. The number of carbonyl (C=O) groups is 1. The number of hydrogen-bond acceptors (Lipinski definition) is 2. The number of ketones is 1. The first-order valence-corrected chi connectivity index (χ1v) is 5.42. The third kappa shape index (κ3) is 2.80. The van der Waals surface area contributed by atoms with Crippen molar-refractivity contribution in [2.45, 2.75) is 52.0 Å². The zero-order chi connectivity index (χ0) is 9.84. The largest absolute Gasteiger partial charge is 0.321 e. The van der Waals surface area contributed by atoms with Crippen molar-refractivity contribution in [2.24, 2.45) is 17.6 Å². The fourth-order valence-corrected chi connectivity index (χ4v) is 2.11. The maximum Gasteiger partial charge on any atom is 0.152 e. The van der Waals surface area contributed by atoms with Crippen LogP contribution in [0.15, 0.2) is 0 Å². The average Bonchev–Trinajstić information content (AvgIpc) is 2.17. The van der Waals surface area contributed by atoms with Crippen LogP contribution in [-0.4, -0.2) is 11.8 Å². The van der Waals surface area contributed by atoms with Gasteiger partial charge in [-0.3, -0.25) is 4.79 Å². The highest BCUT2D eigenvalue weighted by Gasteiger charge is 2.27. The van der Waals surface area contributed by atoms with Gasteiger partial charge in [0.05, 0.1) is 6.04 Å². The first-order valence-electron chi connectivity index (χ1n) is 5.42. The number of hydrogen-bond donors (Lipinski definition) is 1. The molecule has 0 aromatic rings. The number of carbonyl (C=O) groups excluding carboxylic acids is 1. The Kier molecular flexibility index (Phi) is 3.91. The smallest absolute Gasteiger partial charge is 0.152 e. The summed E-state index contributed by atoms with van der Waals surface area (Å²) in [6.07, 6.45) is 6.13. The summed E-state index contributed by atoms with van der Waals surface area (Å²) in [5, 5.41) is 0. The second kappa shape index (κ2) is 4.75. The summed E-state index contributed by atoms with van der Waals surface area (Å²) in [6.45, 7) is 3.87. The van der Waals surface area contributed by atoms with Gasteiger partial charge in [0, 0.05) is 5.92 Å². The van der Waals surface area contributed by atoms with Crippen molar-refractivity contribution in [1.82, 2.24) is 0 Å². The standard InChI is InChI=1S/C11H21NO/c1-8(2)11(13)10(12)9-6-4-3-5-7-9/h8-10H,3-7,12H2,1-2H3/t10-/m0/s1. The minimum absolute atomic E-state index is 0.0944. The molecule has 1 rings (SSSR count). The van der Waals surface area contributed by atoms with Crippen molar-refractivity contribution in [1.29, 1.82) is 0 Å². The van der Waals surface area contributed by atoms with Crippen LogP contribution >= 0.6 is 0 Å². The molecule has 2 heteroatoms. The van der Waals surface area contributed by atoms with Gasteiger partial charge in [0.25, 0.3) is 0 Å². The molecule has 13 heavy (non-hydrogen) atoms. The Labute approximate surface area is 80.9 Å². The Morgan fingerprint density at radius 2 is 1.77 bits per heavy atom. The van der Waals surface area contributed by atoms with Gasteiger partial charge in [-0.15, -0.1) is 0 Å². The summed E-state index contributed by atoms with van der Waals surface area (Å²) in [7, 11) is 0. The molecule has 2 nitrogen and oxygen atoms in total. The van der Waals surface area contributed by atoms with Crippen LogP contribution < -0.4 is 5.73 Å². The van der Waals surface area contributed by atoms with Crippen LogP contribution in [0.2, 0.25) is 0 Å². The summed E-state index contributed by atoms with van der Waals surface area (Å²) < 4.78 is 0. The maximum atomic E-state index is 11.6. The zero-order valence-electron chi connectivity index (χ0n) is 8.75. The molecule has 0 unspecified atom stereocenters. The van der Waals surface area contributed by atoms with Gasteiger partial charge in [-0.2, -0.15) is 0 Å². The summed E-state index contributed by atoms with van der Waals surface area (Å²) >= 11 is 0. The molecule has 0 aromatic heterocycles. The SMILES string of the molecule is CC(C)C(=O)[C@@H](N)C1CCCCC1. The minimum Gasteiger partial charge on any atom is -0.321 e. The fraction of sp³-hybridized carbons (Fsp3) is 0.909. The van der Waals surface area contributed by atoms with Gasteiger partial charge in [-0.05, 0) is 18.8 Å². The second-order valence-electron chi connectivity index (χ2n) is 4.48. The highest BCUT2D eigenvalue weighted by atomic mass is 16.1. The van der Waals surface area contributed by atoms with E-state index in [4.69, 9.17) is 5.73 Å². The van der Waals surface area contributed by atoms with E-state index >= 15 is 0 Å². The number of nitrogens with two attached hydrogens (primary N) is 1. The molecule has 1 atom stereocenters. The lowest BCUT2D eigenvalue weighted by Crippen LogP contribution is -2.41. The minimum atomic E-state index is -0.194. The van der Waals surface area contributed by atoms with Crippen LogP contribution in [0, 0.1) is 11.8 Å². The second-order valence-corrected chi connectivity index (χ2v) is 4.48. The Morgan fingerprint density at radius 1 is 1.23 bits per heavy atom. The number of Topliss-reactive ketones (excluding diaryl/α,β-unsaturated/α-hetero) is 1. The summed E-state index contributed by atoms with van der Waals surface area (Å²) in [5.41, 5.74) is 5.94. The van der Waals surface area contributed by atoms with Gasteiger partial charge in [0.1, 0.15) is 0 Å². The van der Waals surface area contributed by atoms with Gasteiger partial charge in [0.15, 0.2) is 5.78 Å². The molecule has 1 saturated carbocycles. The monoisotopic (exact) mass is 183 g/mol. The molecular weight excluding hydrogens is 162 g/mol. The van der Waals surface area contributed by atoms with Crippen molar-refractivity contribution >= 4 is 5.78 Å². The van der Waals surface area contributed by atoms with Crippen LogP contribution in [0.3, 0.4) is 0 Å². The molecule has 1 aliphatic rings. The van der Waals surface area contributed by atoms with Crippen molar-refractivity contribution in [3.63, 3.8) is 0 Å². The predicted octanol–water partition coefficient (Wildman–Crippen LogP) is 2.12. The summed E-state index contributed by atoms with van der Waals surface area (Å²) in [5.74, 6) is 0.799. The van der Waals surface area contributed by atoms with E-state index in [2.05, 4.69) is 0 Å². The summed E-state index contributed by atoms with van der Waals surface area (Å²) in [6, 6.07) is -0.194. The van der Waals surface area contributed by atoms with Gasteiger partial charge < -0.3 is 5.73 Å². The van der Waals surface area contributed by atoms with Crippen LogP contribution in [-0.2, 0) is 4.79 Å². The molecule has 0 saturated heterocycles. The van der Waals surface area contributed by atoms with Crippen LogP contribution in [0.5, 0.6) is 0 Å². The molecule has 2 N–H and O–H groups in total. The van der Waals surface area contributed by atoms with E-state index in [1.165, 1.54) is 19.3 Å². The zero-order valence-corrected chi connectivity index (χ0v) is 8.75. The highest BCUT2D eigenvalue weighted by molar-refractivity contribution is 5.85. The summed E-state index contributed by atoms with van der Waals surface area (Å²) in [4.78, 5) is 11.6. The average molecular weight is 183 g/mol. The van der Waals surface area contributed by atoms with Crippen molar-refractivity contribution < 1.29 is 4.79 Å². The van der Waals surface area contributed by atoms with Crippen LogP contribution in [0.4, 0.5) is 0 Å². The van der Waals surface area contributed by atoms with Gasteiger partial charge in [-0.1, -0.05) is 33.1 Å². The third-order valence-electron chi connectivity index (χ3n) is 3.06. The molecule has 0 amide bonds. The highest BCUT2D eigenvalue weighted by Crippen LogP contribution is 2.26. The van der Waals surface area contributed by atoms with Crippen LogP contribution in [0.1, 0.15) is 46.0 Å².